The van der Waals surface area contributed by atoms with E-state index in [1.54, 1.807) is 4.90 Å². The highest BCUT2D eigenvalue weighted by Gasteiger charge is 2.22. The molecule has 1 aliphatic rings. The number of hydrogen-bond donors (Lipinski definition) is 2. The minimum absolute atomic E-state index is 0.00366. The molecule has 3 aromatic rings. The lowest BCUT2D eigenvalue weighted by molar-refractivity contribution is -0.131. The molecule has 25 heavy (non-hydrogen) atoms. The van der Waals surface area contributed by atoms with Crippen molar-refractivity contribution in [1.82, 2.24) is 19.4 Å². The maximum Gasteiger partial charge on any atom is 0.354 e. The third-order valence-electron chi connectivity index (χ3n) is 4.76. The van der Waals surface area contributed by atoms with Crippen LogP contribution in [-0.2, 0) is 24.2 Å². The van der Waals surface area contributed by atoms with Gasteiger partial charge in [0.15, 0.2) is 0 Å². The van der Waals surface area contributed by atoms with E-state index in [9.17, 15) is 9.59 Å². The Bertz CT molecular complexity index is 956. The second-order valence-electron chi connectivity index (χ2n) is 6.22. The first-order valence-corrected chi connectivity index (χ1v) is 8.23. The zero-order valence-electron chi connectivity index (χ0n) is 13.6. The monoisotopic (exact) mass is 338 g/mol. The number of imidazole rings is 1. The normalized spacial score (nSPS) is 14.3. The highest BCUT2D eigenvalue weighted by atomic mass is 16.4. The van der Waals surface area contributed by atoms with E-state index in [0.29, 0.717) is 13.1 Å². The topological polar surface area (TPSA) is 91.2 Å². The summed E-state index contributed by atoms with van der Waals surface area (Å²) in [4.78, 5) is 32.8. The van der Waals surface area contributed by atoms with E-state index in [1.165, 1.54) is 33.7 Å². The second kappa shape index (κ2) is 6.08. The zero-order chi connectivity index (χ0) is 17.4. The molecule has 0 radical (unpaired) electrons. The average Bonchev–Trinajstić information content (AvgIpc) is 3.14. The van der Waals surface area contributed by atoms with Crippen molar-refractivity contribution in [3.05, 3.63) is 53.7 Å². The number of carboxylic acid groups (broad SMARTS) is 1. The van der Waals surface area contributed by atoms with E-state index in [2.05, 4.69) is 22.1 Å². The molecule has 7 heteroatoms. The molecule has 7 nitrogen and oxygen atoms in total. The summed E-state index contributed by atoms with van der Waals surface area (Å²) < 4.78 is 1.38. The van der Waals surface area contributed by atoms with Crippen LogP contribution in [0.5, 0.6) is 0 Å². The average molecular weight is 338 g/mol. The molecule has 2 aromatic heterocycles. The van der Waals surface area contributed by atoms with Gasteiger partial charge < -0.3 is 19.6 Å². The van der Waals surface area contributed by atoms with Crippen molar-refractivity contribution in [2.45, 2.75) is 19.4 Å². The Morgan fingerprint density at radius 3 is 2.84 bits per heavy atom. The molecule has 128 valence electrons. The fourth-order valence-electron chi connectivity index (χ4n) is 3.48. The van der Waals surface area contributed by atoms with Crippen molar-refractivity contribution in [2.24, 2.45) is 0 Å². The number of H-pyrrole nitrogens is 1. The predicted molar refractivity (Wildman–Crippen MR) is 91.5 cm³/mol. The van der Waals surface area contributed by atoms with Gasteiger partial charge in [-0.15, -0.1) is 0 Å². The number of amides is 1. The number of aromatic nitrogens is 3. The molecule has 3 heterocycles. The second-order valence-corrected chi connectivity index (χ2v) is 6.22. The molecule has 0 fully saturated rings. The number of carbonyl (C=O) groups is 2. The Morgan fingerprint density at radius 1 is 1.20 bits per heavy atom. The van der Waals surface area contributed by atoms with E-state index in [4.69, 9.17) is 5.11 Å². The number of hydrogen-bond acceptors (Lipinski definition) is 3. The Labute approximate surface area is 143 Å². The summed E-state index contributed by atoms with van der Waals surface area (Å²) in [6.45, 7) is 1.25. The molecule has 0 atom stereocenters. The van der Waals surface area contributed by atoms with Gasteiger partial charge in [0.25, 0.3) is 0 Å². The SMILES string of the molecule is O=C(O)c1cncn1CC(=O)N1CCc2[nH]c3ccccc3c2CC1. The van der Waals surface area contributed by atoms with E-state index in [-0.39, 0.29) is 18.1 Å². The van der Waals surface area contributed by atoms with Gasteiger partial charge in [0, 0.05) is 36.1 Å². The van der Waals surface area contributed by atoms with Gasteiger partial charge in [-0.05, 0) is 18.1 Å². The van der Waals surface area contributed by atoms with Crippen LogP contribution in [0.15, 0.2) is 36.8 Å². The first kappa shape index (κ1) is 15.4. The summed E-state index contributed by atoms with van der Waals surface area (Å²) in [6.07, 6.45) is 4.20. The summed E-state index contributed by atoms with van der Waals surface area (Å²) >= 11 is 0. The summed E-state index contributed by atoms with van der Waals surface area (Å²) in [7, 11) is 0. The van der Waals surface area contributed by atoms with Crippen LogP contribution in [0, 0.1) is 0 Å². The van der Waals surface area contributed by atoms with Crippen molar-refractivity contribution >= 4 is 22.8 Å². The molecule has 0 saturated carbocycles. The molecule has 0 bridgehead atoms. The molecular formula is C18H18N4O3. The molecule has 1 aliphatic heterocycles. The zero-order valence-corrected chi connectivity index (χ0v) is 13.6. The van der Waals surface area contributed by atoms with Gasteiger partial charge in [-0.25, -0.2) is 9.78 Å². The number of nitrogens with zero attached hydrogens (tertiary/aromatic N) is 3. The fraction of sp³-hybridized carbons (Fsp3) is 0.278. The minimum Gasteiger partial charge on any atom is -0.477 e. The van der Waals surface area contributed by atoms with Crippen LogP contribution in [0.4, 0.5) is 0 Å². The van der Waals surface area contributed by atoms with E-state index >= 15 is 0 Å². The first-order valence-electron chi connectivity index (χ1n) is 8.23. The number of fused-ring (bicyclic) bond motifs is 3. The molecule has 0 aliphatic carbocycles. The Morgan fingerprint density at radius 2 is 2.00 bits per heavy atom. The summed E-state index contributed by atoms with van der Waals surface area (Å²) in [5, 5.41) is 10.3. The number of carbonyl (C=O) groups excluding carboxylic acids is 1. The number of rotatable bonds is 3. The van der Waals surface area contributed by atoms with Gasteiger partial charge >= 0.3 is 5.97 Å². The van der Waals surface area contributed by atoms with Crippen LogP contribution in [0.25, 0.3) is 10.9 Å². The third-order valence-corrected chi connectivity index (χ3v) is 4.76. The van der Waals surface area contributed by atoms with Gasteiger partial charge in [0.1, 0.15) is 12.2 Å². The molecule has 4 rings (SSSR count). The van der Waals surface area contributed by atoms with Crippen LogP contribution in [0.3, 0.4) is 0 Å². The minimum atomic E-state index is -1.08. The number of carboxylic acids is 1. The number of benzene rings is 1. The molecule has 0 spiro atoms. The summed E-state index contributed by atoms with van der Waals surface area (Å²) in [6, 6.07) is 8.21. The van der Waals surface area contributed by atoms with E-state index in [1.807, 2.05) is 12.1 Å². The number of aromatic carboxylic acids is 1. The van der Waals surface area contributed by atoms with Gasteiger partial charge in [0.2, 0.25) is 5.91 Å². The molecule has 2 N–H and O–H groups in total. The van der Waals surface area contributed by atoms with Crippen LogP contribution < -0.4 is 0 Å². The van der Waals surface area contributed by atoms with Gasteiger partial charge in [-0.3, -0.25) is 4.79 Å². The molecular weight excluding hydrogens is 320 g/mol. The van der Waals surface area contributed by atoms with E-state index < -0.39 is 5.97 Å². The van der Waals surface area contributed by atoms with Crippen molar-refractivity contribution in [3.63, 3.8) is 0 Å². The summed E-state index contributed by atoms with van der Waals surface area (Å²) in [5.41, 5.74) is 3.63. The van der Waals surface area contributed by atoms with Crippen molar-refractivity contribution in [2.75, 3.05) is 13.1 Å². The lowest BCUT2D eigenvalue weighted by Crippen LogP contribution is -2.36. The van der Waals surface area contributed by atoms with Crippen molar-refractivity contribution in [1.29, 1.82) is 0 Å². The number of para-hydroxylation sites is 1. The smallest absolute Gasteiger partial charge is 0.354 e. The Balaban J connectivity index is 1.50. The first-order chi connectivity index (χ1) is 12.1. The quantitative estimate of drug-likeness (QED) is 0.760. The molecule has 1 amide bonds. The van der Waals surface area contributed by atoms with Crippen molar-refractivity contribution in [3.8, 4) is 0 Å². The van der Waals surface area contributed by atoms with Crippen molar-refractivity contribution < 1.29 is 14.7 Å². The van der Waals surface area contributed by atoms with Crippen LogP contribution >= 0.6 is 0 Å². The Kier molecular flexibility index (Phi) is 3.76. The maximum absolute atomic E-state index is 12.6. The maximum atomic E-state index is 12.6. The Hall–Kier alpha value is -3.09. The standard InChI is InChI=1S/C18H18N4O3/c23-17(10-22-11-19-9-16(22)18(24)25)21-7-5-13-12-3-1-2-4-14(12)20-15(13)6-8-21/h1-4,9,11,20H,5-8,10H2,(H,24,25). The molecule has 0 unspecified atom stereocenters. The lowest BCUT2D eigenvalue weighted by atomic mass is 10.1. The van der Waals surface area contributed by atoms with E-state index in [0.717, 1.165) is 18.4 Å². The lowest BCUT2D eigenvalue weighted by Gasteiger charge is -2.21. The third kappa shape index (κ3) is 2.77. The van der Waals surface area contributed by atoms with Crippen LogP contribution in [0.1, 0.15) is 21.7 Å². The highest BCUT2D eigenvalue weighted by Crippen LogP contribution is 2.25. The van der Waals surface area contributed by atoms with Gasteiger partial charge in [-0.2, -0.15) is 0 Å². The largest absolute Gasteiger partial charge is 0.477 e. The highest BCUT2D eigenvalue weighted by molar-refractivity contribution is 5.87. The molecule has 1 aromatic carbocycles. The van der Waals surface area contributed by atoms with Crippen LogP contribution in [-0.4, -0.2) is 49.5 Å². The van der Waals surface area contributed by atoms with Gasteiger partial charge in [-0.1, -0.05) is 18.2 Å². The number of nitrogens with one attached hydrogen (secondary N) is 1. The predicted octanol–water partition coefficient (Wildman–Crippen LogP) is 1.69. The number of aromatic amines is 1. The molecule has 0 saturated heterocycles. The van der Waals surface area contributed by atoms with Crippen LogP contribution in [0.2, 0.25) is 0 Å². The van der Waals surface area contributed by atoms with Gasteiger partial charge in [0.05, 0.1) is 12.5 Å². The fourth-order valence-corrected chi connectivity index (χ4v) is 3.48. The summed E-state index contributed by atoms with van der Waals surface area (Å²) in [5.74, 6) is -1.17.